The van der Waals surface area contributed by atoms with Crippen molar-refractivity contribution in [1.29, 1.82) is 0 Å². The lowest BCUT2D eigenvalue weighted by Crippen LogP contribution is -2.30. The molecular formula is C22H30N2O7S. The van der Waals surface area contributed by atoms with Gasteiger partial charge in [0, 0.05) is 13.1 Å². The van der Waals surface area contributed by atoms with E-state index in [1.807, 2.05) is 0 Å². The van der Waals surface area contributed by atoms with Crippen LogP contribution in [0.2, 0.25) is 0 Å². The monoisotopic (exact) mass is 466 g/mol. The molecule has 0 aliphatic rings. The van der Waals surface area contributed by atoms with Gasteiger partial charge in [0.25, 0.3) is 0 Å². The Hall–Kier alpha value is -2.98. The maximum absolute atomic E-state index is 12.9. The molecule has 10 heteroatoms. The fraction of sp³-hybridized carbons (Fsp3) is 0.409. The summed E-state index contributed by atoms with van der Waals surface area (Å²) in [5, 5.41) is 2.74. The molecule has 0 spiro atoms. The molecule has 0 saturated heterocycles. The van der Waals surface area contributed by atoms with Crippen LogP contribution in [0.4, 0.5) is 5.69 Å². The van der Waals surface area contributed by atoms with Crippen molar-refractivity contribution in [2.45, 2.75) is 25.2 Å². The lowest BCUT2D eigenvalue weighted by Gasteiger charge is -2.19. The molecule has 0 atom stereocenters. The molecule has 0 bridgehead atoms. The Morgan fingerprint density at radius 3 is 1.91 bits per heavy atom. The Balaban J connectivity index is 2.34. The molecule has 176 valence electrons. The molecule has 9 nitrogen and oxygen atoms in total. The van der Waals surface area contributed by atoms with E-state index in [9.17, 15) is 13.2 Å². The fourth-order valence-corrected chi connectivity index (χ4v) is 4.76. The van der Waals surface area contributed by atoms with Crippen LogP contribution in [0, 0.1) is 0 Å². The summed E-state index contributed by atoms with van der Waals surface area (Å²) >= 11 is 0. The van der Waals surface area contributed by atoms with E-state index in [2.05, 4.69) is 5.32 Å². The van der Waals surface area contributed by atoms with E-state index in [1.165, 1.54) is 50.9 Å². The quantitative estimate of drug-likeness (QED) is 0.543. The number of nitrogens with zero attached hydrogens (tertiary/aromatic N) is 1. The van der Waals surface area contributed by atoms with Crippen LogP contribution in [0.15, 0.2) is 35.2 Å². The minimum Gasteiger partial charge on any atom is -0.495 e. The highest BCUT2D eigenvalue weighted by Crippen LogP contribution is 2.38. The van der Waals surface area contributed by atoms with Crippen molar-refractivity contribution < 1.29 is 32.2 Å². The van der Waals surface area contributed by atoms with Crippen LogP contribution in [0.5, 0.6) is 23.0 Å². The Morgan fingerprint density at radius 1 is 0.875 bits per heavy atom. The van der Waals surface area contributed by atoms with Gasteiger partial charge < -0.3 is 24.3 Å². The van der Waals surface area contributed by atoms with Crippen LogP contribution in [-0.2, 0) is 21.2 Å². The maximum atomic E-state index is 12.9. The van der Waals surface area contributed by atoms with Gasteiger partial charge in [0.2, 0.25) is 21.7 Å². The van der Waals surface area contributed by atoms with Gasteiger partial charge in [-0.2, -0.15) is 4.31 Å². The number of anilines is 1. The predicted octanol–water partition coefficient (Wildman–Crippen LogP) is 2.93. The highest BCUT2D eigenvalue weighted by atomic mass is 32.2. The zero-order valence-electron chi connectivity index (χ0n) is 19.2. The third-order valence-corrected chi connectivity index (χ3v) is 6.92. The van der Waals surface area contributed by atoms with E-state index in [0.717, 1.165) is 0 Å². The van der Waals surface area contributed by atoms with Gasteiger partial charge in [-0.3, -0.25) is 4.79 Å². The molecule has 32 heavy (non-hydrogen) atoms. The summed E-state index contributed by atoms with van der Waals surface area (Å²) < 4.78 is 48.3. The van der Waals surface area contributed by atoms with Crippen LogP contribution in [0.3, 0.4) is 0 Å². The summed E-state index contributed by atoms with van der Waals surface area (Å²) in [6.07, 6.45) is -0.00705. The van der Waals surface area contributed by atoms with Gasteiger partial charge in [0.05, 0.1) is 45.4 Å². The van der Waals surface area contributed by atoms with Crippen LogP contribution in [0.1, 0.15) is 19.4 Å². The number of sulfonamides is 1. The van der Waals surface area contributed by atoms with Crippen molar-refractivity contribution in [3.63, 3.8) is 0 Å². The third-order valence-electron chi connectivity index (χ3n) is 4.88. The summed E-state index contributed by atoms with van der Waals surface area (Å²) in [5.74, 6) is 1.27. The first-order valence-corrected chi connectivity index (χ1v) is 11.5. The average molecular weight is 467 g/mol. The molecule has 0 unspecified atom stereocenters. The Morgan fingerprint density at radius 2 is 1.44 bits per heavy atom. The zero-order valence-corrected chi connectivity index (χ0v) is 20.0. The van der Waals surface area contributed by atoms with Crippen molar-refractivity contribution >= 4 is 21.6 Å². The van der Waals surface area contributed by atoms with Gasteiger partial charge in [-0.1, -0.05) is 13.8 Å². The Bertz CT molecular complexity index is 1030. The van der Waals surface area contributed by atoms with Gasteiger partial charge in [0.1, 0.15) is 5.75 Å². The van der Waals surface area contributed by atoms with Gasteiger partial charge >= 0.3 is 0 Å². The molecule has 2 aromatic rings. The van der Waals surface area contributed by atoms with E-state index >= 15 is 0 Å². The molecule has 0 aliphatic heterocycles. The van der Waals surface area contributed by atoms with Crippen molar-refractivity contribution in [3.8, 4) is 23.0 Å². The topological polar surface area (TPSA) is 103 Å². The first-order valence-electron chi connectivity index (χ1n) is 10.0. The molecule has 2 aromatic carbocycles. The maximum Gasteiger partial charge on any atom is 0.243 e. The lowest BCUT2D eigenvalue weighted by molar-refractivity contribution is -0.115. The highest BCUT2D eigenvalue weighted by molar-refractivity contribution is 7.89. The number of hydrogen-bond acceptors (Lipinski definition) is 7. The number of amides is 1. The first-order chi connectivity index (χ1) is 15.2. The van der Waals surface area contributed by atoms with Crippen molar-refractivity contribution in [3.05, 3.63) is 35.9 Å². The van der Waals surface area contributed by atoms with E-state index in [1.54, 1.807) is 26.0 Å². The number of rotatable bonds is 11. The van der Waals surface area contributed by atoms with Crippen LogP contribution in [-0.4, -0.2) is 60.2 Å². The second kappa shape index (κ2) is 11.1. The van der Waals surface area contributed by atoms with Crippen LogP contribution < -0.4 is 24.3 Å². The molecule has 2 rings (SSSR count). The molecule has 0 heterocycles. The zero-order chi connectivity index (χ0) is 23.9. The summed E-state index contributed by atoms with van der Waals surface area (Å²) in [4.78, 5) is 12.8. The summed E-state index contributed by atoms with van der Waals surface area (Å²) in [6, 6.07) is 7.74. The minimum atomic E-state index is -3.69. The van der Waals surface area contributed by atoms with E-state index in [4.69, 9.17) is 18.9 Å². The number of hydrogen-bond donors (Lipinski definition) is 1. The smallest absolute Gasteiger partial charge is 0.243 e. The third kappa shape index (κ3) is 5.43. The minimum absolute atomic E-state index is 0.00705. The number of nitrogens with one attached hydrogen (secondary N) is 1. The van der Waals surface area contributed by atoms with Gasteiger partial charge in [-0.25, -0.2) is 8.42 Å². The van der Waals surface area contributed by atoms with E-state index in [0.29, 0.717) is 41.7 Å². The lowest BCUT2D eigenvalue weighted by atomic mass is 10.1. The standard InChI is InChI=1S/C22H30N2O7S/c1-7-24(8-2)32(26,27)16-9-10-18(28-3)17(14-16)23-21(25)13-15-11-19(29-4)22(31-6)20(12-15)30-5/h9-12,14H,7-8,13H2,1-6H3,(H,23,25). The Kier molecular flexibility index (Phi) is 8.73. The molecule has 0 aliphatic carbocycles. The SMILES string of the molecule is CCN(CC)S(=O)(=O)c1ccc(OC)c(NC(=O)Cc2cc(OC)c(OC)c(OC)c2)c1. The molecule has 0 radical (unpaired) electrons. The van der Waals surface area contributed by atoms with Crippen molar-refractivity contribution in [2.75, 3.05) is 46.8 Å². The second-order valence-electron chi connectivity index (χ2n) is 6.71. The van der Waals surface area contributed by atoms with E-state index < -0.39 is 10.0 Å². The number of carbonyl (C=O) groups is 1. The number of benzene rings is 2. The molecule has 1 amide bonds. The number of methoxy groups -OCH3 is 4. The van der Waals surface area contributed by atoms with Crippen molar-refractivity contribution in [2.24, 2.45) is 0 Å². The average Bonchev–Trinajstić information content (AvgIpc) is 2.78. The second-order valence-corrected chi connectivity index (χ2v) is 8.65. The van der Waals surface area contributed by atoms with Crippen molar-refractivity contribution in [1.82, 2.24) is 4.31 Å². The largest absolute Gasteiger partial charge is 0.495 e. The molecule has 0 fully saturated rings. The molecule has 0 saturated carbocycles. The summed E-state index contributed by atoms with van der Waals surface area (Å²) in [7, 11) is 2.24. The van der Waals surface area contributed by atoms with Gasteiger partial charge in [0.15, 0.2) is 11.5 Å². The molecule has 0 aromatic heterocycles. The normalized spacial score (nSPS) is 11.2. The van der Waals surface area contributed by atoms with Crippen LogP contribution >= 0.6 is 0 Å². The highest BCUT2D eigenvalue weighted by Gasteiger charge is 2.23. The first kappa shape index (κ1) is 25.3. The summed E-state index contributed by atoms with van der Waals surface area (Å²) in [6.45, 7) is 4.22. The van der Waals surface area contributed by atoms with Crippen LogP contribution in [0.25, 0.3) is 0 Å². The summed E-state index contributed by atoms with van der Waals surface area (Å²) in [5.41, 5.74) is 0.890. The fourth-order valence-electron chi connectivity index (χ4n) is 3.28. The number of carbonyl (C=O) groups excluding carboxylic acids is 1. The van der Waals surface area contributed by atoms with Gasteiger partial charge in [-0.15, -0.1) is 0 Å². The van der Waals surface area contributed by atoms with E-state index in [-0.39, 0.29) is 22.9 Å². The Labute approximate surface area is 189 Å². The van der Waals surface area contributed by atoms with Gasteiger partial charge in [-0.05, 0) is 35.9 Å². The number of ether oxygens (including phenoxy) is 4. The molecule has 1 N–H and O–H groups in total. The molecular weight excluding hydrogens is 436 g/mol. The predicted molar refractivity (Wildman–Crippen MR) is 122 cm³/mol.